The Labute approximate surface area is 200 Å². The number of likely N-dealkylation sites (tertiary alicyclic amines) is 1. The van der Waals surface area contributed by atoms with Gasteiger partial charge in [0.2, 0.25) is 17.6 Å². The van der Waals surface area contributed by atoms with E-state index in [1.807, 2.05) is 62.4 Å². The van der Waals surface area contributed by atoms with E-state index in [-0.39, 0.29) is 17.9 Å². The zero-order valence-corrected chi connectivity index (χ0v) is 20.0. The van der Waals surface area contributed by atoms with Crippen LogP contribution in [0.5, 0.6) is 11.5 Å². The van der Waals surface area contributed by atoms with E-state index in [2.05, 4.69) is 20.4 Å². The highest BCUT2D eigenvalue weighted by Gasteiger charge is 2.27. The van der Waals surface area contributed by atoms with Crippen LogP contribution in [0.1, 0.15) is 31.2 Å². The molecule has 1 saturated heterocycles. The lowest BCUT2D eigenvalue weighted by Gasteiger charge is -2.31. The van der Waals surface area contributed by atoms with Crippen LogP contribution in [0.15, 0.2) is 53.1 Å². The average Bonchev–Trinajstić information content (AvgIpc) is 3.32. The van der Waals surface area contributed by atoms with E-state index < -0.39 is 0 Å². The molecule has 34 heavy (non-hydrogen) atoms. The first kappa shape index (κ1) is 23.8. The monoisotopic (exact) mass is 464 g/mol. The van der Waals surface area contributed by atoms with Gasteiger partial charge >= 0.3 is 0 Å². The summed E-state index contributed by atoms with van der Waals surface area (Å²) in [5, 5.41) is 7.21. The molecule has 2 atom stereocenters. The fourth-order valence-electron chi connectivity index (χ4n) is 4.10. The van der Waals surface area contributed by atoms with Gasteiger partial charge in [0.1, 0.15) is 6.61 Å². The Kier molecular flexibility index (Phi) is 7.80. The highest BCUT2D eigenvalue weighted by molar-refractivity contribution is 5.79. The van der Waals surface area contributed by atoms with Crippen molar-refractivity contribution in [2.24, 2.45) is 5.92 Å². The fraction of sp³-hybridized carbons (Fsp3) is 0.423. The molecule has 2 aromatic carbocycles. The van der Waals surface area contributed by atoms with Crippen molar-refractivity contribution in [3.05, 3.63) is 60.0 Å². The van der Waals surface area contributed by atoms with Crippen LogP contribution in [0.3, 0.4) is 0 Å². The van der Waals surface area contributed by atoms with Crippen molar-refractivity contribution in [2.45, 2.75) is 39.3 Å². The Bertz CT molecular complexity index is 1080. The number of para-hydroxylation sites is 2. The highest BCUT2D eigenvalue weighted by atomic mass is 16.5. The molecule has 0 aliphatic carbocycles. The molecular weight excluding hydrogens is 432 g/mol. The fourth-order valence-corrected chi connectivity index (χ4v) is 4.10. The van der Waals surface area contributed by atoms with Gasteiger partial charge in [0, 0.05) is 12.1 Å². The normalized spacial score (nSPS) is 17.2. The van der Waals surface area contributed by atoms with Crippen molar-refractivity contribution in [3.8, 4) is 22.9 Å². The average molecular weight is 465 g/mol. The predicted molar refractivity (Wildman–Crippen MR) is 129 cm³/mol. The molecule has 1 fully saturated rings. The van der Waals surface area contributed by atoms with Gasteiger partial charge < -0.3 is 19.3 Å². The number of nitrogens with zero attached hydrogens (tertiary/aromatic N) is 3. The summed E-state index contributed by atoms with van der Waals surface area (Å²) in [5.41, 5.74) is 2.12. The maximum atomic E-state index is 12.9. The Balaban J connectivity index is 1.27. The molecule has 1 aromatic heterocycles. The van der Waals surface area contributed by atoms with Crippen LogP contribution >= 0.6 is 0 Å². The highest BCUT2D eigenvalue weighted by Crippen LogP contribution is 2.26. The number of aryl methyl sites for hydroxylation is 1. The summed E-state index contributed by atoms with van der Waals surface area (Å²) in [6, 6.07) is 15.4. The predicted octanol–water partition coefficient (Wildman–Crippen LogP) is 3.85. The minimum Gasteiger partial charge on any atom is -0.493 e. The third-order valence-corrected chi connectivity index (χ3v) is 5.96. The molecule has 1 N–H and O–H groups in total. The van der Waals surface area contributed by atoms with Gasteiger partial charge in [-0.3, -0.25) is 9.69 Å². The van der Waals surface area contributed by atoms with E-state index in [9.17, 15) is 4.79 Å². The number of hydrogen-bond acceptors (Lipinski definition) is 7. The maximum absolute atomic E-state index is 12.9. The first-order chi connectivity index (χ1) is 16.5. The van der Waals surface area contributed by atoms with Gasteiger partial charge in [-0.05, 0) is 45.4 Å². The smallest absolute Gasteiger partial charge is 0.241 e. The minimum atomic E-state index is -0.124. The number of carbonyl (C=O) groups excluding carboxylic acids is 1. The number of rotatable bonds is 9. The van der Waals surface area contributed by atoms with Crippen LogP contribution in [-0.2, 0) is 11.3 Å². The molecule has 0 spiro atoms. The van der Waals surface area contributed by atoms with Crippen LogP contribution in [0, 0.1) is 12.8 Å². The van der Waals surface area contributed by atoms with Crippen LogP contribution in [0.25, 0.3) is 11.4 Å². The quantitative estimate of drug-likeness (QED) is 0.514. The molecule has 8 nitrogen and oxygen atoms in total. The lowest BCUT2D eigenvalue weighted by molar-refractivity contribution is -0.127. The van der Waals surface area contributed by atoms with Crippen LogP contribution in [0.4, 0.5) is 0 Å². The largest absolute Gasteiger partial charge is 0.493 e. The summed E-state index contributed by atoms with van der Waals surface area (Å²) < 4.78 is 16.6. The Morgan fingerprint density at radius 3 is 2.74 bits per heavy atom. The zero-order valence-electron chi connectivity index (χ0n) is 20.0. The van der Waals surface area contributed by atoms with Crippen molar-refractivity contribution in [1.29, 1.82) is 0 Å². The SMILES string of the molecule is COc1ccccc1OCC(C)NC(=O)C1CCCN(Cc2nc(-c3ccc(C)cc3)no2)C1. The molecule has 0 saturated carbocycles. The van der Waals surface area contributed by atoms with E-state index in [1.165, 1.54) is 5.56 Å². The van der Waals surface area contributed by atoms with Crippen LogP contribution in [0.2, 0.25) is 0 Å². The van der Waals surface area contributed by atoms with E-state index in [4.69, 9.17) is 14.0 Å². The van der Waals surface area contributed by atoms with Crippen molar-refractivity contribution in [1.82, 2.24) is 20.4 Å². The molecule has 2 unspecified atom stereocenters. The second-order valence-electron chi connectivity index (χ2n) is 8.82. The maximum Gasteiger partial charge on any atom is 0.241 e. The Morgan fingerprint density at radius 2 is 1.97 bits per heavy atom. The number of aromatic nitrogens is 2. The molecule has 0 radical (unpaired) electrons. The lowest BCUT2D eigenvalue weighted by atomic mass is 9.97. The molecule has 3 aromatic rings. The number of amides is 1. The number of piperidine rings is 1. The number of carbonyl (C=O) groups is 1. The van der Waals surface area contributed by atoms with Gasteiger partial charge in [0.25, 0.3) is 0 Å². The summed E-state index contributed by atoms with van der Waals surface area (Å²) >= 11 is 0. The number of hydrogen-bond donors (Lipinski definition) is 1. The number of nitrogens with one attached hydrogen (secondary N) is 1. The first-order valence-electron chi connectivity index (χ1n) is 11.7. The molecular formula is C26H32N4O4. The van der Waals surface area contributed by atoms with E-state index >= 15 is 0 Å². The topological polar surface area (TPSA) is 89.7 Å². The molecule has 1 aliphatic heterocycles. The lowest BCUT2D eigenvalue weighted by Crippen LogP contribution is -2.46. The van der Waals surface area contributed by atoms with E-state index in [0.29, 0.717) is 42.9 Å². The van der Waals surface area contributed by atoms with Gasteiger partial charge in [-0.25, -0.2) is 0 Å². The molecule has 4 rings (SSSR count). The van der Waals surface area contributed by atoms with Gasteiger partial charge in [-0.15, -0.1) is 0 Å². The molecule has 1 amide bonds. The van der Waals surface area contributed by atoms with E-state index in [1.54, 1.807) is 7.11 Å². The molecule has 1 aliphatic rings. The molecule has 180 valence electrons. The summed E-state index contributed by atoms with van der Waals surface area (Å²) in [5.74, 6) is 2.46. The van der Waals surface area contributed by atoms with Gasteiger partial charge in [0.15, 0.2) is 11.5 Å². The zero-order chi connectivity index (χ0) is 23.9. The number of ether oxygens (including phenoxy) is 2. The van der Waals surface area contributed by atoms with Gasteiger partial charge in [0.05, 0.1) is 25.6 Å². The standard InChI is InChI=1S/C26H32N4O4/c1-18-10-12-20(13-11-18)25-28-24(34-29-25)16-30-14-6-7-21(15-30)26(31)27-19(2)17-33-23-9-5-4-8-22(23)32-3/h4-5,8-13,19,21H,6-7,14-17H2,1-3H3,(H,27,31). The Morgan fingerprint density at radius 1 is 1.21 bits per heavy atom. The minimum absolute atomic E-state index is 0.0479. The van der Waals surface area contributed by atoms with Crippen molar-refractivity contribution < 1.29 is 18.8 Å². The summed E-state index contributed by atoms with van der Waals surface area (Å²) in [4.78, 5) is 19.6. The van der Waals surface area contributed by atoms with Gasteiger partial charge in [-0.1, -0.05) is 47.1 Å². The third kappa shape index (κ3) is 6.14. The molecule has 0 bridgehead atoms. The summed E-state index contributed by atoms with van der Waals surface area (Å²) in [7, 11) is 1.61. The van der Waals surface area contributed by atoms with Crippen molar-refractivity contribution >= 4 is 5.91 Å². The third-order valence-electron chi connectivity index (χ3n) is 5.96. The second-order valence-corrected chi connectivity index (χ2v) is 8.82. The summed E-state index contributed by atoms with van der Waals surface area (Å²) in [6.45, 7) is 6.45. The molecule has 2 heterocycles. The molecule has 8 heteroatoms. The Hall–Kier alpha value is -3.39. The van der Waals surface area contributed by atoms with E-state index in [0.717, 1.165) is 24.9 Å². The second kappa shape index (κ2) is 11.2. The first-order valence-corrected chi connectivity index (χ1v) is 11.7. The summed E-state index contributed by atoms with van der Waals surface area (Å²) in [6.07, 6.45) is 1.81. The van der Waals surface area contributed by atoms with Gasteiger partial charge in [-0.2, -0.15) is 4.98 Å². The van der Waals surface area contributed by atoms with Crippen molar-refractivity contribution in [2.75, 3.05) is 26.8 Å². The van der Waals surface area contributed by atoms with Crippen LogP contribution in [-0.4, -0.2) is 53.8 Å². The number of methoxy groups -OCH3 is 1. The van der Waals surface area contributed by atoms with Crippen LogP contribution < -0.4 is 14.8 Å². The van der Waals surface area contributed by atoms with Crippen molar-refractivity contribution in [3.63, 3.8) is 0 Å². The number of benzene rings is 2.